The van der Waals surface area contributed by atoms with Crippen molar-refractivity contribution >= 4 is 11.8 Å². The zero-order valence-corrected chi connectivity index (χ0v) is 12.0. The van der Waals surface area contributed by atoms with Gasteiger partial charge in [0.15, 0.2) is 0 Å². The number of hydrogen-bond acceptors (Lipinski definition) is 4. The van der Waals surface area contributed by atoms with Crippen molar-refractivity contribution in [1.29, 1.82) is 5.26 Å². The molecule has 1 fully saturated rings. The summed E-state index contributed by atoms with van der Waals surface area (Å²) in [7, 11) is 1.89. The number of aryl methyl sites for hydroxylation is 2. The molecule has 1 heterocycles. The summed E-state index contributed by atoms with van der Waals surface area (Å²) < 4.78 is 0. The predicted molar refractivity (Wildman–Crippen MR) is 74.6 cm³/mol. The van der Waals surface area contributed by atoms with Crippen molar-refractivity contribution in [2.45, 2.75) is 37.3 Å². The molecule has 0 spiro atoms. The maximum atomic E-state index is 9.43. The smallest absolute Gasteiger partial charge is 0.118 e. The van der Waals surface area contributed by atoms with Gasteiger partial charge in [0.25, 0.3) is 0 Å². The van der Waals surface area contributed by atoms with Crippen molar-refractivity contribution in [3.8, 4) is 6.07 Å². The molecule has 0 bridgehead atoms. The van der Waals surface area contributed by atoms with E-state index >= 15 is 0 Å². The van der Waals surface area contributed by atoms with Crippen molar-refractivity contribution in [3.63, 3.8) is 0 Å². The first-order chi connectivity index (χ1) is 8.59. The monoisotopic (exact) mass is 261 g/mol. The lowest BCUT2D eigenvalue weighted by atomic mass is 9.98. The van der Waals surface area contributed by atoms with Crippen LogP contribution in [-0.4, -0.2) is 23.3 Å². The van der Waals surface area contributed by atoms with Crippen LogP contribution in [0.25, 0.3) is 0 Å². The molecule has 1 N–H and O–H groups in total. The third-order valence-corrected chi connectivity index (χ3v) is 4.55. The number of rotatable bonds is 5. The predicted octanol–water partition coefficient (Wildman–Crippen LogP) is 2.68. The molecule has 0 aliphatic heterocycles. The lowest BCUT2D eigenvalue weighted by molar-refractivity contribution is 0.441. The van der Waals surface area contributed by atoms with Crippen LogP contribution in [0.2, 0.25) is 0 Å². The highest BCUT2D eigenvalue weighted by Gasteiger charge is 2.44. The number of nitrogens with one attached hydrogen (secondary N) is 1. The van der Waals surface area contributed by atoms with Crippen molar-refractivity contribution < 1.29 is 0 Å². The first kappa shape index (κ1) is 13.4. The van der Waals surface area contributed by atoms with Crippen molar-refractivity contribution in [3.05, 3.63) is 23.4 Å². The van der Waals surface area contributed by atoms with E-state index in [1.807, 2.05) is 14.0 Å². The van der Waals surface area contributed by atoms with Crippen LogP contribution < -0.4 is 5.32 Å². The normalized spacial score (nSPS) is 18.1. The average Bonchev–Trinajstić information content (AvgIpc) is 3.14. The van der Waals surface area contributed by atoms with Crippen LogP contribution >= 0.6 is 11.8 Å². The van der Waals surface area contributed by atoms with Crippen molar-refractivity contribution in [1.82, 2.24) is 10.3 Å². The van der Waals surface area contributed by atoms with Gasteiger partial charge in [-0.1, -0.05) is 0 Å². The molecule has 0 aromatic carbocycles. The summed E-state index contributed by atoms with van der Waals surface area (Å²) in [5.41, 5.74) is 1.88. The highest BCUT2D eigenvalue weighted by atomic mass is 32.2. The average molecular weight is 261 g/mol. The van der Waals surface area contributed by atoms with Gasteiger partial charge in [0.2, 0.25) is 0 Å². The molecule has 0 radical (unpaired) electrons. The van der Waals surface area contributed by atoms with E-state index in [0.29, 0.717) is 5.92 Å². The van der Waals surface area contributed by atoms with E-state index in [9.17, 15) is 5.26 Å². The molecule has 0 saturated heterocycles. The maximum Gasteiger partial charge on any atom is 0.118 e. The topological polar surface area (TPSA) is 48.7 Å². The van der Waals surface area contributed by atoms with Crippen LogP contribution in [0.15, 0.2) is 17.2 Å². The second-order valence-corrected chi connectivity index (χ2v) is 6.02. The fourth-order valence-electron chi connectivity index (χ4n) is 2.22. The van der Waals surface area contributed by atoms with Gasteiger partial charge >= 0.3 is 0 Å². The highest BCUT2D eigenvalue weighted by Crippen LogP contribution is 2.41. The second kappa shape index (κ2) is 5.29. The third-order valence-electron chi connectivity index (χ3n) is 3.44. The fourth-order valence-corrected chi connectivity index (χ4v) is 3.51. The van der Waals surface area contributed by atoms with Crippen molar-refractivity contribution in [2.24, 2.45) is 5.92 Å². The Morgan fingerprint density at radius 3 is 2.72 bits per heavy atom. The Morgan fingerprint density at radius 2 is 2.22 bits per heavy atom. The van der Waals surface area contributed by atoms with Gasteiger partial charge in [-0.2, -0.15) is 5.26 Å². The molecule has 4 heteroatoms. The summed E-state index contributed by atoms with van der Waals surface area (Å²) in [5.74, 6) is 1.27. The molecule has 1 saturated carbocycles. The zero-order valence-electron chi connectivity index (χ0n) is 11.2. The van der Waals surface area contributed by atoms with Gasteiger partial charge in [-0.15, -0.1) is 11.8 Å². The molecule has 1 unspecified atom stereocenters. The first-order valence-corrected chi connectivity index (χ1v) is 7.26. The number of thioether (sulfide) groups is 1. The zero-order chi connectivity index (χ0) is 13.2. The maximum absolute atomic E-state index is 9.43. The standard InChI is InChI=1S/C14H19N3S/c1-10-6-11(2)17-13(7-10)18-9-14(8-15,16-3)12-4-5-12/h6-7,12,16H,4-5,9H2,1-3H3. The quantitative estimate of drug-likeness (QED) is 0.828. The molecular weight excluding hydrogens is 242 g/mol. The number of pyridine rings is 1. The lowest BCUT2D eigenvalue weighted by Crippen LogP contribution is -2.46. The fraction of sp³-hybridized carbons (Fsp3) is 0.571. The summed E-state index contributed by atoms with van der Waals surface area (Å²) in [5, 5.41) is 13.7. The largest absolute Gasteiger partial charge is 0.302 e. The van der Waals surface area contributed by atoms with Crippen LogP contribution in [-0.2, 0) is 0 Å². The lowest BCUT2D eigenvalue weighted by Gasteiger charge is -2.25. The summed E-state index contributed by atoms with van der Waals surface area (Å²) in [6.45, 7) is 4.09. The van der Waals surface area contributed by atoms with E-state index in [0.717, 1.165) is 29.3 Å². The van der Waals surface area contributed by atoms with E-state index < -0.39 is 0 Å². The Kier molecular flexibility index (Phi) is 3.94. The molecule has 3 nitrogen and oxygen atoms in total. The van der Waals surface area contributed by atoms with Gasteiger partial charge in [0.05, 0.1) is 11.1 Å². The Labute approximate surface area is 113 Å². The van der Waals surface area contributed by atoms with Crippen molar-refractivity contribution in [2.75, 3.05) is 12.8 Å². The summed E-state index contributed by atoms with van der Waals surface area (Å²) in [6.07, 6.45) is 2.32. The Morgan fingerprint density at radius 1 is 1.50 bits per heavy atom. The van der Waals surface area contributed by atoms with Gasteiger partial charge in [-0.25, -0.2) is 4.98 Å². The SMILES string of the molecule is CNC(C#N)(CSc1cc(C)cc(C)n1)C1CC1. The van der Waals surface area contributed by atoms with Crippen LogP contribution in [0.3, 0.4) is 0 Å². The van der Waals surface area contributed by atoms with E-state index in [4.69, 9.17) is 0 Å². The number of hydrogen-bond donors (Lipinski definition) is 1. The minimum absolute atomic E-state index is 0.385. The van der Waals surface area contributed by atoms with Gasteiger partial charge in [-0.05, 0) is 57.4 Å². The molecule has 1 aromatic heterocycles. The number of aromatic nitrogens is 1. The molecule has 18 heavy (non-hydrogen) atoms. The highest BCUT2D eigenvalue weighted by molar-refractivity contribution is 7.99. The van der Waals surface area contributed by atoms with Crippen LogP contribution in [0.1, 0.15) is 24.1 Å². The Balaban J connectivity index is 2.08. The molecule has 1 aliphatic rings. The van der Waals surface area contributed by atoms with E-state index in [2.05, 4.69) is 35.4 Å². The van der Waals surface area contributed by atoms with Crippen LogP contribution in [0.4, 0.5) is 0 Å². The Hall–Kier alpha value is -1.05. The minimum Gasteiger partial charge on any atom is -0.302 e. The van der Waals surface area contributed by atoms with Gasteiger partial charge < -0.3 is 5.32 Å². The molecule has 1 atom stereocenters. The van der Waals surface area contributed by atoms with E-state index in [-0.39, 0.29) is 5.54 Å². The molecule has 1 aliphatic carbocycles. The molecular formula is C14H19N3S. The molecule has 0 amide bonds. The van der Waals surface area contributed by atoms with Gasteiger partial charge in [0.1, 0.15) is 5.54 Å². The minimum atomic E-state index is -0.385. The summed E-state index contributed by atoms with van der Waals surface area (Å²) in [4.78, 5) is 4.51. The Bertz CT molecular complexity index is 456. The van der Waals surface area contributed by atoms with Gasteiger partial charge in [0, 0.05) is 11.4 Å². The van der Waals surface area contributed by atoms with E-state index in [1.165, 1.54) is 5.56 Å². The summed E-state index contributed by atoms with van der Waals surface area (Å²) in [6, 6.07) is 6.62. The second-order valence-electron chi connectivity index (χ2n) is 5.02. The summed E-state index contributed by atoms with van der Waals surface area (Å²) >= 11 is 1.68. The van der Waals surface area contributed by atoms with Crippen LogP contribution in [0.5, 0.6) is 0 Å². The molecule has 1 aromatic rings. The van der Waals surface area contributed by atoms with Gasteiger partial charge in [-0.3, -0.25) is 0 Å². The van der Waals surface area contributed by atoms with Crippen LogP contribution in [0, 0.1) is 31.1 Å². The number of nitrogens with zero attached hydrogens (tertiary/aromatic N) is 2. The first-order valence-electron chi connectivity index (χ1n) is 6.28. The molecule has 2 rings (SSSR count). The number of nitriles is 1. The van der Waals surface area contributed by atoms with E-state index in [1.54, 1.807) is 11.8 Å². The third kappa shape index (κ3) is 2.85. The molecule has 96 valence electrons.